The number of hydrogen-bond donors (Lipinski definition) is 4. The summed E-state index contributed by atoms with van der Waals surface area (Å²) in [4.78, 5) is 26.7. The number of hydrogen-bond acceptors (Lipinski definition) is 6. The molecule has 10 heteroatoms. The smallest absolute Gasteiger partial charge is 0.256 e. The van der Waals surface area contributed by atoms with Gasteiger partial charge in [0.15, 0.2) is 0 Å². The molecular weight excluding hydrogens is 787 g/mol. The SMILES string of the molecule is COc1ccc(F)cc1C(C)(C)CC(O)(CC1CCCCC1)C(=O)Nc1ccccc1.COc1ccc(F)cc1C(C)(C)CC(O)(Cc1ccccc1)C(=O)Nc1ccccc1. The van der Waals surface area contributed by atoms with E-state index >= 15 is 0 Å². The van der Waals surface area contributed by atoms with E-state index in [-0.39, 0.29) is 25.1 Å². The Bertz CT molecular complexity index is 2210. The maximum atomic E-state index is 14.1. The summed E-state index contributed by atoms with van der Waals surface area (Å²) in [5.41, 5.74) is -1.46. The molecule has 1 fully saturated rings. The third kappa shape index (κ3) is 12.7. The molecule has 8 nitrogen and oxygen atoms in total. The molecular formula is C52H62F2N2O6. The highest BCUT2D eigenvalue weighted by Gasteiger charge is 2.45. The summed E-state index contributed by atoms with van der Waals surface area (Å²) in [7, 11) is 3.06. The van der Waals surface area contributed by atoms with Crippen molar-refractivity contribution in [3.8, 4) is 11.5 Å². The monoisotopic (exact) mass is 848 g/mol. The second-order valence-electron chi connectivity index (χ2n) is 17.9. The van der Waals surface area contributed by atoms with Crippen molar-refractivity contribution in [3.63, 3.8) is 0 Å². The summed E-state index contributed by atoms with van der Waals surface area (Å²) in [5.74, 6) is -0.325. The van der Waals surface area contributed by atoms with Crippen molar-refractivity contribution in [3.05, 3.63) is 156 Å². The predicted molar refractivity (Wildman–Crippen MR) is 243 cm³/mol. The maximum absolute atomic E-state index is 14.1. The minimum Gasteiger partial charge on any atom is -0.496 e. The number of ether oxygens (including phenoxy) is 2. The molecule has 5 aromatic carbocycles. The van der Waals surface area contributed by atoms with Crippen molar-refractivity contribution in [1.82, 2.24) is 0 Å². The molecule has 2 unspecified atom stereocenters. The van der Waals surface area contributed by atoms with Crippen molar-refractivity contribution < 1.29 is 38.1 Å². The van der Waals surface area contributed by atoms with Crippen molar-refractivity contribution in [2.45, 2.75) is 108 Å². The lowest BCUT2D eigenvalue weighted by molar-refractivity contribution is -0.138. The Morgan fingerprint density at radius 2 is 1.00 bits per heavy atom. The molecule has 2 amide bonds. The van der Waals surface area contributed by atoms with Gasteiger partial charge in [-0.2, -0.15) is 0 Å². The van der Waals surface area contributed by atoms with Gasteiger partial charge < -0.3 is 30.3 Å². The number of rotatable bonds is 16. The number of methoxy groups -OCH3 is 2. The van der Waals surface area contributed by atoms with Crippen molar-refractivity contribution in [2.24, 2.45) is 5.92 Å². The number of halogens is 2. The highest BCUT2D eigenvalue weighted by molar-refractivity contribution is 5.98. The van der Waals surface area contributed by atoms with Crippen LogP contribution in [0.15, 0.2) is 127 Å². The van der Waals surface area contributed by atoms with E-state index in [1.165, 1.54) is 37.8 Å². The van der Waals surface area contributed by atoms with Crippen LogP contribution in [0.4, 0.5) is 20.2 Å². The van der Waals surface area contributed by atoms with E-state index in [0.717, 1.165) is 31.2 Å². The van der Waals surface area contributed by atoms with Crippen molar-refractivity contribution in [2.75, 3.05) is 24.9 Å². The molecule has 1 saturated carbocycles. The summed E-state index contributed by atoms with van der Waals surface area (Å²) in [6.45, 7) is 7.59. The fraction of sp³-hybridized carbons (Fsp3) is 0.385. The third-order valence-corrected chi connectivity index (χ3v) is 11.8. The number of anilines is 2. The molecule has 0 heterocycles. The van der Waals surface area contributed by atoms with Gasteiger partial charge >= 0.3 is 0 Å². The Morgan fingerprint density at radius 3 is 1.44 bits per heavy atom. The first-order chi connectivity index (χ1) is 29.5. The van der Waals surface area contributed by atoms with E-state index in [9.17, 15) is 28.6 Å². The lowest BCUT2D eigenvalue weighted by Gasteiger charge is -2.39. The summed E-state index contributed by atoms with van der Waals surface area (Å²) in [6.07, 6.45) is 6.24. The van der Waals surface area contributed by atoms with E-state index in [1.54, 1.807) is 43.5 Å². The fourth-order valence-corrected chi connectivity index (χ4v) is 8.88. The quantitative estimate of drug-likeness (QED) is 0.0786. The van der Waals surface area contributed by atoms with Crippen LogP contribution in [0.2, 0.25) is 0 Å². The molecule has 1 aliphatic rings. The molecule has 4 N–H and O–H groups in total. The molecule has 0 aromatic heterocycles. The largest absolute Gasteiger partial charge is 0.496 e. The van der Waals surface area contributed by atoms with Gasteiger partial charge in [-0.3, -0.25) is 9.59 Å². The lowest BCUT2D eigenvalue weighted by atomic mass is 9.70. The summed E-state index contributed by atoms with van der Waals surface area (Å²) < 4.78 is 39.0. The number of amides is 2. The average molecular weight is 849 g/mol. The second-order valence-corrected chi connectivity index (χ2v) is 17.9. The molecule has 0 saturated heterocycles. The third-order valence-electron chi connectivity index (χ3n) is 11.8. The van der Waals surface area contributed by atoms with Gasteiger partial charge in [-0.1, -0.05) is 127 Å². The first-order valence-corrected chi connectivity index (χ1v) is 21.4. The maximum Gasteiger partial charge on any atom is 0.256 e. The number of nitrogens with one attached hydrogen (secondary N) is 2. The Labute approximate surface area is 365 Å². The van der Waals surface area contributed by atoms with Crippen LogP contribution in [0.5, 0.6) is 11.5 Å². The van der Waals surface area contributed by atoms with Gasteiger partial charge in [-0.05, 0) is 102 Å². The van der Waals surface area contributed by atoms with Gasteiger partial charge in [0.1, 0.15) is 34.3 Å². The predicted octanol–water partition coefficient (Wildman–Crippen LogP) is 11.0. The van der Waals surface area contributed by atoms with E-state index in [0.29, 0.717) is 46.3 Å². The number of para-hydroxylation sites is 2. The minimum absolute atomic E-state index is 0.0629. The van der Waals surface area contributed by atoms with Gasteiger partial charge in [0, 0.05) is 28.9 Å². The molecule has 0 spiro atoms. The summed E-state index contributed by atoms with van der Waals surface area (Å²) in [6, 6.07) is 36.2. The molecule has 0 aliphatic heterocycles. The van der Waals surface area contributed by atoms with Gasteiger partial charge in [0.25, 0.3) is 11.8 Å². The minimum atomic E-state index is -1.74. The van der Waals surface area contributed by atoms with Gasteiger partial charge in [0.05, 0.1) is 14.2 Å². The van der Waals surface area contributed by atoms with Gasteiger partial charge in [-0.15, -0.1) is 0 Å². The molecule has 330 valence electrons. The molecule has 6 rings (SSSR count). The number of benzene rings is 5. The zero-order chi connectivity index (χ0) is 45.0. The van der Waals surface area contributed by atoms with E-state index in [2.05, 4.69) is 10.6 Å². The molecule has 5 aromatic rings. The lowest BCUT2D eigenvalue weighted by Crippen LogP contribution is -2.49. The number of aliphatic hydroxyl groups is 2. The summed E-state index contributed by atoms with van der Waals surface area (Å²) >= 11 is 0. The highest BCUT2D eigenvalue weighted by atomic mass is 19.1. The zero-order valence-electron chi connectivity index (χ0n) is 36.8. The first kappa shape index (κ1) is 47.5. The topological polar surface area (TPSA) is 117 Å². The molecule has 0 radical (unpaired) electrons. The van der Waals surface area contributed by atoms with Crippen LogP contribution < -0.4 is 20.1 Å². The molecule has 1 aliphatic carbocycles. The van der Waals surface area contributed by atoms with Crippen molar-refractivity contribution in [1.29, 1.82) is 0 Å². The molecule has 62 heavy (non-hydrogen) atoms. The van der Waals surface area contributed by atoms with Crippen LogP contribution in [0.1, 0.15) is 95.8 Å². The van der Waals surface area contributed by atoms with Crippen molar-refractivity contribution >= 4 is 23.2 Å². The number of carbonyl (C=O) groups excluding carboxylic acids is 2. The van der Waals surface area contributed by atoms with Crippen LogP contribution in [0.25, 0.3) is 0 Å². The van der Waals surface area contributed by atoms with Crippen LogP contribution >= 0.6 is 0 Å². The van der Waals surface area contributed by atoms with E-state index < -0.39 is 39.7 Å². The Hall–Kier alpha value is -5.58. The highest BCUT2D eigenvalue weighted by Crippen LogP contribution is 2.43. The average Bonchev–Trinajstić information content (AvgIpc) is 3.25. The standard InChI is InChI=1S/C26H34FNO3.C26H28FNO3/c2*1-25(2,22-16-20(27)14-15-23(22)31-3)18-26(30,17-19-10-6-4-7-11-19)24(29)28-21-12-8-5-9-13-21/h5,8-9,12-16,19,30H,4,6-7,10-11,17-18H2,1-3H3,(H,28,29);4-16,30H,17-18H2,1-3H3,(H,28,29). The van der Waals surface area contributed by atoms with Crippen LogP contribution in [0.3, 0.4) is 0 Å². The Balaban J connectivity index is 0.000000234. The molecule has 2 atom stereocenters. The first-order valence-electron chi connectivity index (χ1n) is 21.4. The van der Waals surface area contributed by atoms with E-state index in [1.807, 2.05) is 94.4 Å². The zero-order valence-corrected chi connectivity index (χ0v) is 36.8. The van der Waals surface area contributed by atoms with Crippen LogP contribution in [0, 0.1) is 17.6 Å². The number of carbonyl (C=O) groups is 2. The summed E-state index contributed by atoms with van der Waals surface area (Å²) in [5, 5.41) is 29.2. The second kappa shape index (κ2) is 21.0. The Morgan fingerprint density at radius 1 is 0.597 bits per heavy atom. The molecule has 0 bridgehead atoms. The fourth-order valence-electron chi connectivity index (χ4n) is 8.88. The van der Waals surface area contributed by atoms with Crippen LogP contribution in [-0.4, -0.2) is 47.4 Å². The Kier molecular flexibility index (Phi) is 16.1. The normalized spacial score (nSPS) is 15.2. The van der Waals surface area contributed by atoms with Crippen LogP contribution in [-0.2, 0) is 26.8 Å². The van der Waals surface area contributed by atoms with Gasteiger partial charge in [-0.25, -0.2) is 8.78 Å². The van der Waals surface area contributed by atoms with Gasteiger partial charge in [0.2, 0.25) is 0 Å². The van der Waals surface area contributed by atoms with E-state index in [4.69, 9.17) is 9.47 Å².